The number of nitrogens with zero attached hydrogens (tertiary/aromatic N) is 4. The summed E-state index contributed by atoms with van der Waals surface area (Å²) in [6.07, 6.45) is 1.42. The Hall–Kier alpha value is -3.01. The van der Waals surface area contributed by atoms with Crippen molar-refractivity contribution in [1.82, 2.24) is 19.5 Å². The lowest BCUT2D eigenvalue weighted by atomic mass is 10.2. The zero-order chi connectivity index (χ0) is 23.3. The number of hydrazone groups is 1. The van der Waals surface area contributed by atoms with Crippen LogP contribution < -0.4 is 5.43 Å². The zero-order valence-electron chi connectivity index (χ0n) is 18.0. The van der Waals surface area contributed by atoms with Crippen LogP contribution in [0.2, 0.25) is 5.15 Å². The first-order valence-electron chi connectivity index (χ1n) is 10.0. The van der Waals surface area contributed by atoms with Crippen LogP contribution in [0.15, 0.2) is 64.6 Å². The molecule has 3 rings (SSSR count). The lowest BCUT2D eigenvalue weighted by Crippen LogP contribution is -2.30. The number of nitrogens with one attached hydrogen (secondary N) is 1. The molecular weight excluding hydrogens is 450 g/mol. The second-order valence-electron chi connectivity index (χ2n) is 6.85. The largest absolute Gasteiger partial charge is 0.271 e. The van der Waals surface area contributed by atoms with Gasteiger partial charge in [0, 0.05) is 18.7 Å². The summed E-state index contributed by atoms with van der Waals surface area (Å²) in [5.74, 6) is -0.540. The van der Waals surface area contributed by atoms with Gasteiger partial charge in [-0.05, 0) is 37.3 Å². The topological polar surface area (TPSA) is 96.7 Å². The zero-order valence-corrected chi connectivity index (χ0v) is 19.6. The maximum atomic E-state index is 12.7. The molecule has 0 saturated carbocycles. The summed E-state index contributed by atoms with van der Waals surface area (Å²) in [5.41, 5.74) is 4.60. The summed E-state index contributed by atoms with van der Waals surface area (Å²) in [7, 11) is -3.67. The number of hydrogen-bond donors (Lipinski definition) is 1. The minimum Gasteiger partial charge on any atom is -0.267 e. The van der Waals surface area contributed by atoms with E-state index in [0.717, 1.165) is 5.69 Å². The number of amides is 1. The van der Waals surface area contributed by atoms with Gasteiger partial charge < -0.3 is 0 Å². The van der Waals surface area contributed by atoms with E-state index in [2.05, 4.69) is 15.6 Å². The minimum atomic E-state index is -3.67. The Labute approximate surface area is 192 Å². The van der Waals surface area contributed by atoms with Crippen molar-refractivity contribution in [2.45, 2.75) is 25.7 Å². The van der Waals surface area contributed by atoms with Crippen molar-refractivity contribution in [3.05, 3.63) is 76.6 Å². The summed E-state index contributed by atoms with van der Waals surface area (Å²) in [5, 5.41) is 8.76. The molecule has 1 heterocycles. The van der Waals surface area contributed by atoms with E-state index in [1.807, 2.05) is 30.3 Å². The third-order valence-corrected chi connectivity index (χ3v) is 7.26. The first kappa shape index (κ1) is 23.6. The third kappa shape index (κ3) is 4.90. The monoisotopic (exact) mass is 473 g/mol. The molecule has 0 unspecified atom stereocenters. The normalized spacial score (nSPS) is 11.9. The predicted molar refractivity (Wildman–Crippen MR) is 125 cm³/mol. The number of halogens is 1. The van der Waals surface area contributed by atoms with Crippen LogP contribution in [-0.2, 0) is 10.0 Å². The van der Waals surface area contributed by atoms with E-state index >= 15 is 0 Å². The smallest absolute Gasteiger partial charge is 0.267 e. The predicted octanol–water partition coefficient (Wildman–Crippen LogP) is 3.63. The quantitative estimate of drug-likeness (QED) is 0.399. The van der Waals surface area contributed by atoms with Gasteiger partial charge in [-0.1, -0.05) is 49.7 Å². The number of aryl methyl sites for hydroxylation is 1. The van der Waals surface area contributed by atoms with Gasteiger partial charge in [-0.15, -0.1) is 0 Å². The molecule has 2 aromatic carbocycles. The second-order valence-corrected chi connectivity index (χ2v) is 9.15. The Bertz CT molecular complexity index is 1240. The summed E-state index contributed by atoms with van der Waals surface area (Å²) in [6, 6.07) is 15.3. The first-order chi connectivity index (χ1) is 15.3. The van der Waals surface area contributed by atoms with Crippen LogP contribution in [0, 0.1) is 6.92 Å². The Morgan fingerprint density at radius 1 is 1.16 bits per heavy atom. The van der Waals surface area contributed by atoms with E-state index in [9.17, 15) is 13.2 Å². The average Bonchev–Trinajstić information content (AvgIpc) is 3.08. The average molecular weight is 474 g/mol. The van der Waals surface area contributed by atoms with Crippen LogP contribution in [0.1, 0.15) is 35.5 Å². The molecule has 0 atom stereocenters. The van der Waals surface area contributed by atoms with Crippen LogP contribution in [0.3, 0.4) is 0 Å². The number of hydrogen-bond acceptors (Lipinski definition) is 5. The van der Waals surface area contributed by atoms with Gasteiger partial charge in [0.1, 0.15) is 5.15 Å². The van der Waals surface area contributed by atoms with Crippen LogP contribution in [0.25, 0.3) is 5.69 Å². The molecule has 32 heavy (non-hydrogen) atoms. The highest BCUT2D eigenvalue weighted by molar-refractivity contribution is 7.89. The molecule has 0 aliphatic carbocycles. The molecule has 0 aliphatic heterocycles. The molecule has 8 nitrogen and oxygen atoms in total. The van der Waals surface area contributed by atoms with Gasteiger partial charge >= 0.3 is 0 Å². The van der Waals surface area contributed by atoms with Crippen LogP contribution in [-0.4, -0.2) is 47.7 Å². The Balaban J connectivity index is 1.78. The van der Waals surface area contributed by atoms with Crippen molar-refractivity contribution < 1.29 is 13.2 Å². The van der Waals surface area contributed by atoms with Crippen LogP contribution in [0.5, 0.6) is 0 Å². The Morgan fingerprint density at radius 2 is 1.84 bits per heavy atom. The number of sulfonamides is 1. The van der Waals surface area contributed by atoms with Gasteiger partial charge in [0.15, 0.2) is 0 Å². The molecule has 1 N–H and O–H groups in total. The molecule has 0 bridgehead atoms. The minimum absolute atomic E-state index is 0.0563. The molecule has 168 valence electrons. The van der Waals surface area contributed by atoms with Gasteiger partial charge in [-0.2, -0.15) is 14.5 Å². The van der Waals surface area contributed by atoms with Crippen molar-refractivity contribution in [2.75, 3.05) is 13.1 Å². The van der Waals surface area contributed by atoms with Gasteiger partial charge in [-0.25, -0.2) is 18.5 Å². The van der Waals surface area contributed by atoms with Crippen molar-refractivity contribution >= 4 is 33.7 Å². The highest BCUT2D eigenvalue weighted by Gasteiger charge is 2.22. The van der Waals surface area contributed by atoms with Crippen molar-refractivity contribution in [3.8, 4) is 5.69 Å². The van der Waals surface area contributed by atoms with E-state index in [-0.39, 0.29) is 10.5 Å². The second kappa shape index (κ2) is 10.1. The highest BCUT2D eigenvalue weighted by atomic mass is 35.5. The number of carbonyl (C=O) groups excluding carboxylic acids is 1. The standard InChI is InChI=1S/C22H24ClN5O3S/c1-4-27(5-2)32(30,31)19-13-9-10-17(14-19)22(29)25-24-15-20-16(3)26-28(21(20)23)18-11-7-6-8-12-18/h6-15H,4-5H2,1-3H3,(H,25,29)/b24-15+. The molecule has 0 aliphatic rings. The molecule has 1 amide bonds. The fourth-order valence-electron chi connectivity index (χ4n) is 3.13. The summed E-state index contributed by atoms with van der Waals surface area (Å²) >= 11 is 6.45. The molecule has 1 aromatic heterocycles. The molecule has 0 radical (unpaired) electrons. The van der Waals surface area contributed by atoms with E-state index in [4.69, 9.17) is 11.6 Å². The van der Waals surface area contributed by atoms with E-state index in [1.54, 1.807) is 25.5 Å². The van der Waals surface area contributed by atoms with Gasteiger partial charge in [0.05, 0.1) is 28.1 Å². The molecule has 3 aromatic rings. The molecule has 0 spiro atoms. The summed E-state index contributed by atoms with van der Waals surface area (Å²) < 4.78 is 28.3. The SMILES string of the molecule is CCN(CC)S(=O)(=O)c1cccc(C(=O)N/N=C/c2c(C)nn(-c3ccccc3)c2Cl)c1. The maximum Gasteiger partial charge on any atom is 0.271 e. The van der Waals surface area contributed by atoms with Crippen molar-refractivity contribution in [2.24, 2.45) is 5.10 Å². The fraction of sp³-hybridized carbons (Fsp3) is 0.227. The molecule has 10 heteroatoms. The first-order valence-corrected chi connectivity index (χ1v) is 11.9. The van der Waals surface area contributed by atoms with E-state index in [1.165, 1.54) is 34.8 Å². The van der Waals surface area contributed by atoms with Crippen molar-refractivity contribution in [3.63, 3.8) is 0 Å². The van der Waals surface area contributed by atoms with Crippen LogP contribution >= 0.6 is 11.6 Å². The third-order valence-electron chi connectivity index (χ3n) is 4.85. The maximum absolute atomic E-state index is 12.7. The molecule has 0 fully saturated rings. The molecule has 0 saturated heterocycles. The number of aromatic nitrogens is 2. The lowest BCUT2D eigenvalue weighted by Gasteiger charge is -2.18. The number of para-hydroxylation sites is 1. The number of benzene rings is 2. The Morgan fingerprint density at radius 3 is 2.50 bits per heavy atom. The van der Waals surface area contributed by atoms with Gasteiger partial charge in [0.25, 0.3) is 5.91 Å². The summed E-state index contributed by atoms with van der Waals surface area (Å²) in [4.78, 5) is 12.6. The van der Waals surface area contributed by atoms with Crippen LogP contribution in [0.4, 0.5) is 0 Å². The van der Waals surface area contributed by atoms with E-state index in [0.29, 0.717) is 29.5 Å². The number of rotatable bonds is 8. The summed E-state index contributed by atoms with van der Waals surface area (Å²) in [6.45, 7) is 6.00. The highest BCUT2D eigenvalue weighted by Crippen LogP contribution is 2.22. The van der Waals surface area contributed by atoms with Gasteiger partial charge in [-0.3, -0.25) is 4.79 Å². The van der Waals surface area contributed by atoms with E-state index < -0.39 is 15.9 Å². The van der Waals surface area contributed by atoms with Crippen molar-refractivity contribution in [1.29, 1.82) is 0 Å². The Kier molecular flexibility index (Phi) is 7.44. The fourth-order valence-corrected chi connectivity index (χ4v) is 4.95. The molecular formula is C22H24ClN5O3S. The number of carbonyl (C=O) groups is 1. The van der Waals surface area contributed by atoms with Gasteiger partial charge in [0.2, 0.25) is 10.0 Å². The lowest BCUT2D eigenvalue weighted by molar-refractivity contribution is 0.0955.